The first kappa shape index (κ1) is 13.4. The Balaban J connectivity index is 2.02. The van der Waals surface area contributed by atoms with E-state index < -0.39 is 0 Å². The molecule has 3 rings (SSSR count). The number of hydrogen-bond acceptors (Lipinski definition) is 2. The molecule has 1 aromatic heterocycles. The van der Waals surface area contributed by atoms with E-state index in [9.17, 15) is 4.79 Å². The molecule has 0 aliphatic carbocycles. The number of amides is 1. The van der Waals surface area contributed by atoms with Crippen molar-refractivity contribution in [3.05, 3.63) is 63.4 Å². The van der Waals surface area contributed by atoms with Gasteiger partial charge in [0, 0.05) is 15.5 Å². The zero-order valence-electron chi connectivity index (χ0n) is 10.2. The highest BCUT2D eigenvalue weighted by Gasteiger charge is 2.14. The van der Waals surface area contributed by atoms with Gasteiger partial charge in [0.2, 0.25) is 0 Å². The van der Waals surface area contributed by atoms with Crippen LogP contribution >= 0.6 is 31.9 Å². The number of halogens is 2. The van der Waals surface area contributed by atoms with Crippen molar-refractivity contribution in [2.24, 2.45) is 0 Å². The lowest BCUT2D eigenvalue weighted by molar-refractivity contribution is 0.102. The largest absolute Gasteiger partial charge is 0.457 e. The van der Waals surface area contributed by atoms with E-state index in [2.05, 4.69) is 37.2 Å². The van der Waals surface area contributed by atoms with Gasteiger partial charge in [0.15, 0.2) is 4.67 Å². The van der Waals surface area contributed by atoms with Crippen LogP contribution < -0.4 is 5.32 Å². The van der Waals surface area contributed by atoms with Gasteiger partial charge in [-0.15, -0.1) is 0 Å². The van der Waals surface area contributed by atoms with Crippen LogP contribution in [0.2, 0.25) is 0 Å². The third-order valence-electron chi connectivity index (χ3n) is 2.98. The highest BCUT2D eigenvalue weighted by Crippen LogP contribution is 2.30. The van der Waals surface area contributed by atoms with Crippen molar-refractivity contribution in [2.75, 3.05) is 5.32 Å². The second-order valence-electron chi connectivity index (χ2n) is 4.20. The van der Waals surface area contributed by atoms with Crippen LogP contribution in [0.4, 0.5) is 5.69 Å². The summed E-state index contributed by atoms with van der Waals surface area (Å²) in [5.74, 6) is -0.210. The minimum atomic E-state index is -0.210. The fraction of sp³-hybridized carbons (Fsp3) is 0. The molecule has 3 aromatic rings. The Morgan fingerprint density at radius 2 is 1.75 bits per heavy atom. The Kier molecular flexibility index (Phi) is 3.63. The summed E-state index contributed by atoms with van der Waals surface area (Å²) < 4.78 is 6.50. The molecular weight excluding hydrogens is 386 g/mol. The van der Waals surface area contributed by atoms with E-state index >= 15 is 0 Å². The third-order valence-corrected chi connectivity index (χ3v) is 4.29. The lowest BCUT2D eigenvalue weighted by Gasteiger charge is -2.09. The average molecular weight is 395 g/mol. The molecule has 0 fully saturated rings. The minimum Gasteiger partial charge on any atom is -0.457 e. The van der Waals surface area contributed by atoms with Crippen molar-refractivity contribution >= 4 is 54.2 Å². The lowest BCUT2D eigenvalue weighted by atomic mass is 10.1. The third kappa shape index (κ3) is 2.39. The molecule has 1 heterocycles. The number of furan rings is 1. The van der Waals surface area contributed by atoms with Gasteiger partial charge in [0.05, 0.1) is 11.8 Å². The molecule has 100 valence electrons. The number of rotatable bonds is 2. The second-order valence-corrected chi connectivity index (χ2v) is 5.78. The highest BCUT2D eigenvalue weighted by molar-refractivity contribution is 9.10. The lowest BCUT2D eigenvalue weighted by Crippen LogP contribution is -2.11. The summed E-state index contributed by atoms with van der Waals surface area (Å²) in [5, 5.41) is 4.94. The molecule has 0 aliphatic rings. The van der Waals surface area contributed by atoms with E-state index in [1.807, 2.05) is 36.4 Å². The van der Waals surface area contributed by atoms with Crippen LogP contribution in [0.5, 0.6) is 0 Å². The molecule has 0 aliphatic heterocycles. The number of benzene rings is 2. The minimum absolute atomic E-state index is 0.210. The Morgan fingerprint density at radius 1 is 1.00 bits per heavy atom. The van der Waals surface area contributed by atoms with Crippen molar-refractivity contribution < 1.29 is 9.21 Å². The Bertz CT molecular complexity index is 795. The van der Waals surface area contributed by atoms with Gasteiger partial charge in [-0.1, -0.05) is 40.2 Å². The number of nitrogens with one attached hydrogen (secondary N) is 1. The number of carbonyl (C=O) groups is 1. The van der Waals surface area contributed by atoms with Crippen LogP contribution in [-0.4, -0.2) is 5.91 Å². The van der Waals surface area contributed by atoms with Crippen LogP contribution in [0.1, 0.15) is 10.4 Å². The first-order chi connectivity index (χ1) is 9.66. The molecule has 5 heteroatoms. The molecule has 0 bridgehead atoms. The first-order valence-electron chi connectivity index (χ1n) is 5.88. The van der Waals surface area contributed by atoms with E-state index in [-0.39, 0.29) is 5.91 Å². The van der Waals surface area contributed by atoms with E-state index in [0.29, 0.717) is 10.2 Å². The summed E-state index contributed by atoms with van der Waals surface area (Å²) in [5.41, 5.74) is 1.24. The first-order valence-corrected chi connectivity index (χ1v) is 7.47. The summed E-state index contributed by atoms with van der Waals surface area (Å²) in [6.07, 6.45) is 1.47. The molecule has 2 aromatic carbocycles. The zero-order valence-corrected chi connectivity index (χ0v) is 13.4. The molecule has 0 radical (unpaired) electrons. The number of carbonyl (C=O) groups excluding carboxylic acids is 1. The van der Waals surface area contributed by atoms with Gasteiger partial charge in [-0.3, -0.25) is 4.79 Å². The molecule has 1 N–H and O–H groups in total. The molecule has 0 spiro atoms. The van der Waals surface area contributed by atoms with Crippen molar-refractivity contribution in [3.8, 4) is 0 Å². The molecule has 3 nitrogen and oxygen atoms in total. The Morgan fingerprint density at radius 3 is 2.45 bits per heavy atom. The summed E-state index contributed by atoms with van der Waals surface area (Å²) in [7, 11) is 0. The smallest absolute Gasteiger partial charge is 0.260 e. The van der Waals surface area contributed by atoms with Gasteiger partial charge in [0.1, 0.15) is 0 Å². The van der Waals surface area contributed by atoms with Gasteiger partial charge in [-0.05, 0) is 39.5 Å². The van der Waals surface area contributed by atoms with E-state index in [0.717, 1.165) is 20.9 Å². The SMILES string of the molecule is O=C(Nc1ccc(Br)c2ccccc12)c1ccoc1Br. The summed E-state index contributed by atoms with van der Waals surface area (Å²) in [4.78, 5) is 12.2. The Labute approximate surface area is 132 Å². The molecule has 20 heavy (non-hydrogen) atoms. The molecule has 0 unspecified atom stereocenters. The van der Waals surface area contributed by atoms with E-state index in [4.69, 9.17) is 4.42 Å². The summed E-state index contributed by atoms with van der Waals surface area (Å²) >= 11 is 6.72. The topological polar surface area (TPSA) is 42.2 Å². The molecular formula is C15H9Br2NO2. The maximum absolute atomic E-state index is 12.2. The molecule has 0 saturated carbocycles. The van der Waals surface area contributed by atoms with Gasteiger partial charge in [0.25, 0.3) is 5.91 Å². The average Bonchev–Trinajstić information content (AvgIpc) is 2.88. The number of fused-ring (bicyclic) bond motifs is 1. The summed E-state index contributed by atoms with van der Waals surface area (Å²) in [6, 6.07) is 13.3. The van der Waals surface area contributed by atoms with Crippen LogP contribution in [0.3, 0.4) is 0 Å². The van der Waals surface area contributed by atoms with Crippen LogP contribution in [0.25, 0.3) is 10.8 Å². The monoisotopic (exact) mass is 393 g/mol. The number of anilines is 1. The second kappa shape index (κ2) is 5.42. The normalized spacial score (nSPS) is 10.7. The molecule has 0 saturated heterocycles. The quantitative estimate of drug-likeness (QED) is 0.648. The van der Waals surface area contributed by atoms with Crippen molar-refractivity contribution in [2.45, 2.75) is 0 Å². The van der Waals surface area contributed by atoms with E-state index in [1.165, 1.54) is 6.26 Å². The zero-order chi connectivity index (χ0) is 14.1. The van der Waals surface area contributed by atoms with Gasteiger partial charge >= 0.3 is 0 Å². The maximum atomic E-state index is 12.2. The van der Waals surface area contributed by atoms with Crippen LogP contribution in [0.15, 0.2) is 62.3 Å². The van der Waals surface area contributed by atoms with Crippen molar-refractivity contribution in [1.29, 1.82) is 0 Å². The standard InChI is InChI=1S/C15H9Br2NO2/c16-12-5-6-13(10-4-2-1-3-9(10)12)18-15(19)11-7-8-20-14(11)17/h1-8H,(H,18,19). The van der Waals surface area contributed by atoms with E-state index in [1.54, 1.807) is 6.07 Å². The number of hydrogen-bond donors (Lipinski definition) is 1. The predicted molar refractivity (Wildman–Crippen MR) is 86.0 cm³/mol. The summed E-state index contributed by atoms with van der Waals surface area (Å²) in [6.45, 7) is 0. The highest BCUT2D eigenvalue weighted by atomic mass is 79.9. The fourth-order valence-electron chi connectivity index (χ4n) is 2.02. The van der Waals surface area contributed by atoms with Gasteiger partial charge < -0.3 is 9.73 Å². The van der Waals surface area contributed by atoms with Crippen molar-refractivity contribution in [3.63, 3.8) is 0 Å². The molecule has 0 atom stereocenters. The van der Waals surface area contributed by atoms with Crippen LogP contribution in [0, 0.1) is 0 Å². The predicted octanol–water partition coefficient (Wildman–Crippen LogP) is 5.21. The van der Waals surface area contributed by atoms with Crippen molar-refractivity contribution in [1.82, 2.24) is 0 Å². The van der Waals surface area contributed by atoms with Crippen LogP contribution in [-0.2, 0) is 0 Å². The van der Waals surface area contributed by atoms with Gasteiger partial charge in [-0.25, -0.2) is 0 Å². The maximum Gasteiger partial charge on any atom is 0.260 e. The Hall–Kier alpha value is -1.59. The fourth-order valence-corrected chi connectivity index (χ4v) is 2.91. The van der Waals surface area contributed by atoms with Gasteiger partial charge in [-0.2, -0.15) is 0 Å². The molecule has 1 amide bonds.